The van der Waals surface area contributed by atoms with Gasteiger partial charge in [-0.3, -0.25) is 4.79 Å². The number of piperidine rings is 1. The summed E-state index contributed by atoms with van der Waals surface area (Å²) in [6.07, 6.45) is 1.96. The number of hydrogen-bond donors (Lipinski definition) is 1. The number of methoxy groups -OCH3 is 2. The van der Waals surface area contributed by atoms with Gasteiger partial charge in [0.25, 0.3) is 5.91 Å². The van der Waals surface area contributed by atoms with E-state index in [2.05, 4.69) is 21.3 Å². The van der Waals surface area contributed by atoms with Crippen molar-refractivity contribution in [2.75, 3.05) is 27.3 Å². The van der Waals surface area contributed by atoms with E-state index < -0.39 is 11.7 Å². The molecule has 0 unspecified atom stereocenters. The summed E-state index contributed by atoms with van der Waals surface area (Å²) < 4.78 is 18.8. The van der Waals surface area contributed by atoms with E-state index in [-0.39, 0.29) is 11.9 Å². The van der Waals surface area contributed by atoms with Gasteiger partial charge in [-0.1, -0.05) is 6.07 Å². The van der Waals surface area contributed by atoms with E-state index in [0.29, 0.717) is 36.8 Å². The van der Waals surface area contributed by atoms with Gasteiger partial charge in [-0.25, -0.2) is 4.79 Å². The second-order valence-electron chi connectivity index (χ2n) is 10.8. The van der Waals surface area contributed by atoms with Crippen LogP contribution < -0.4 is 14.8 Å². The normalized spacial score (nSPS) is 16.9. The fraction of sp³-hybridized carbons (Fsp3) is 0.448. The highest BCUT2D eigenvalue weighted by atomic mass is 32.1. The Kier molecular flexibility index (Phi) is 7.13. The molecule has 3 aromatic rings. The van der Waals surface area contributed by atoms with Gasteiger partial charge in [0.1, 0.15) is 11.3 Å². The molecule has 5 rings (SSSR count). The Morgan fingerprint density at radius 3 is 2.50 bits per heavy atom. The first kappa shape index (κ1) is 26.2. The third kappa shape index (κ3) is 5.12. The number of carbonyl (C=O) groups is 2. The van der Waals surface area contributed by atoms with Gasteiger partial charge < -0.3 is 29.0 Å². The molecule has 1 atom stereocenters. The van der Waals surface area contributed by atoms with Gasteiger partial charge in [0, 0.05) is 41.7 Å². The van der Waals surface area contributed by atoms with Gasteiger partial charge in [0.2, 0.25) is 0 Å². The monoisotopic (exact) mass is 537 g/mol. The number of amides is 2. The minimum Gasteiger partial charge on any atom is -0.493 e. The topological polar surface area (TPSA) is 82.0 Å². The quantitative estimate of drug-likeness (QED) is 0.459. The first-order valence-electron chi connectivity index (χ1n) is 13.0. The summed E-state index contributed by atoms with van der Waals surface area (Å²) in [6.45, 7) is 7.32. The lowest BCUT2D eigenvalue weighted by atomic mass is 9.95. The molecule has 202 valence electrons. The van der Waals surface area contributed by atoms with Crippen molar-refractivity contribution in [3.8, 4) is 33.2 Å². The van der Waals surface area contributed by atoms with E-state index in [1.807, 2.05) is 49.9 Å². The van der Waals surface area contributed by atoms with E-state index in [1.165, 1.54) is 5.56 Å². The van der Waals surface area contributed by atoms with Crippen molar-refractivity contribution in [3.63, 3.8) is 0 Å². The van der Waals surface area contributed by atoms with Crippen molar-refractivity contribution in [2.45, 2.75) is 58.2 Å². The molecule has 1 fully saturated rings. The summed E-state index contributed by atoms with van der Waals surface area (Å²) in [6, 6.07) is 10.1. The average Bonchev–Trinajstić information content (AvgIpc) is 3.54. The Morgan fingerprint density at radius 2 is 1.82 bits per heavy atom. The van der Waals surface area contributed by atoms with Crippen molar-refractivity contribution in [1.82, 2.24) is 14.8 Å². The second kappa shape index (κ2) is 10.4. The molecule has 2 aliphatic heterocycles. The lowest BCUT2D eigenvalue weighted by molar-refractivity contribution is 0.0450. The van der Waals surface area contributed by atoms with Crippen LogP contribution in [0.1, 0.15) is 49.7 Å². The third-order valence-electron chi connectivity index (χ3n) is 7.00. The molecule has 0 spiro atoms. The van der Waals surface area contributed by atoms with Crippen molar-refractivity contribution >= 4 is 23.3 Å². The van der Waals surface area contributed by atoms with Crippen LogP contribution in [0.5, 0.6) is 11.5 Å². The van der Waals surface area contributed by atoms with Gasteiger partial charge >= 0.3 is 6.09 Å². The SMILES string of the molecule is COc1cc2c(cc1OC)-c1c(-c3cccs3)cc(C(=O)N3CCC[C@@H](NC(=O)OC(C)(C)C)C3)n1CC2. The van der Waals surface area contributed by atoms with Gasteiger partial charge in [-0.2, -0.15) is 0 Å². The van der Waals surface area contributed by atoms with E-state index in [0.717, 1.165) is 41.0 Å². The van der Waals surface area contributed by atoms with Crippen LogP contribution in [-0.2, 0) is 17.7 Å². The predicted octanol–water partition coefficient (Wildman–Crippen LogP) is 5.59. The molecule has 1 N–H and O–H groups in total. The van der Waals surface area contributed by atoms with Crippen molar-refractivity contribution < 1.29 is 23.8 Å². The summed E-state index contributed by atoms with van der Waals surface area (Å²) in [4.78, 5) is 29.3. The molecule has 9 heteroatoms. The number of nitrogens with zero attached hydrogens (tertiary/aromatic N) is 2. The minimum atomic E-state index is -0.569. The van der Waals surface area contributed by atoms with Crippen LogP contribution in [0.4, 0.5) is 4.79 Å². The summed E-state index contributed by atoms with van der Waals surface area (Å²) in [5, 5.41) is 5.00. The largest absolute Gasteiger partial charge is 0.493 e. The molecule has 0 aliphatic carbocycles. The summed E-state index contributed by atoms with van der Waals surface area (Å²) in [5.41, 5.74) is 4.39. The molecule has 8 nitrogen and oxygen atoms in total. The maximum absolute atomic E-state index is 14.0. The summed E-state index contributed by atoms with van der Waals surface area (Å²) >= 11 is 1.66. The number of aryl methyl sites for hydroxylation is 1. The highest BCUT2D eigenvalue weighted by molar-refractivity contribution is 7.13. The molecule has 0 bridgehead atoms. The highest BCUT2D eigenvalue weighted by Crippen LogP contribution is 2.45. The van der Waals surface area contributed by atoms with Gasteiger partial charge in [-0.15, -0.1) is 11.3 Å². The number of likely N-dealkylation sites (tertiary alicyclic amines) is 1. The van der Waals surface area contributed by atoms with Crippen molar-refractivity contribution in [1.29, 1.82) is 0 Å². The Labute approximate surface area is 227 Å². The molecule has 38 heavy (non-hydrogen) atoms. The second-order valence-corrected chi connectivity index (χ2v) is 11.7. The van der Waals surface area contributed by atoms with Crippen molar-refractivity contribution in [3.05, 3.63) is 47.0 Å². The molecular formula is C29H35N3O5S. The average molecular weight is 538 g/mol. The summed E-state index contributed by atoms with van der Waals surface area (Å²) in [7, 11) is 3.28. The Bertz CT molecular complexity index is 1340. The van der Waals surface area contributed by atoms with Crippen LogP contribution in [0.15, 0.2) is 35.7 Å². The standard InChI is InChI=1S/C29H35N3O5S/c1-29(2,3)37-28(34)30-19-8-6-11-31(17-19)27(33)22-15-21(25-9-7-13-38-25)26-20-16-24(36-5)23(35-4)14-18(20)10-12-32(22)26/h7,9,13-16,19H,6,8,10-12,17H2,1-5H3,(H,30,34)/t19-/m1/s1. The van der Waals surface area contributed by atoms with Crippen LogP contribution in [0.3, 0.4) is 0 Å². The molecule has 1 saturated heterocycles. The first-order chi connectivity index (χ1) is 18.2. The van der Waals surface area contributed by atoms with E-state index >= 15 is 0 Å². The van der Waals surface area contributed by atoms with E-state index in [1.54, 1.807) is 25.6 Å². The number of alkyl carbamates (subject to hydrolysis) is 1. The number of thiophene rings is 1. The maximum Gasteiger partial charge on any atom is 0.407 e. The molecule has 2 amide bonds. The number of nitrogens with one attached hydrogen (secondary N) is 1. The molecule has 4 heterocycles. The smallest absolute Gasteiger partial charge is 0.407 e. The zero-order valence-electron chi connectivity index (χ0n) is 22.6. The first-order valence-corrected chi connectivity index (χ1v) is 13.9. The molecule has 1 aromatic carbocycles. The lowest BCUT2D eigenvalue weighted by Crippen LogP contribution is -2.50. The fourth-order valence-corrected chi connectivity index (χ4v) is 6.11. The number of carbonyl (C=O) groups excluding carboxylic acids is 2. The van der Waals surface area contributed by atoms with Crippen LogP contribution in [0.2, 0.25) is 0 Å². The number of fused-ring (bicyclic) bond motifs is 3. The highest BCUT2D eigenvalue weighted by Gasteiger charge is 2.32. The Morgan fingerprint density at radius 1 is 1.05 bits per heavy atom. The van der Waals surface area contributed by atoms with Crippen LogP contribution in [0, 0.1) is 0 Å². The summed E-state index contributed by atoms with van der Waals surface area (Å²) in [5.74, 6) is 1.35. The Balaban J connectivity index is 1.48. The van der Waals surface area contributed by atoms with Gasteiger partial charge in [-0.05, 0) is 75.2 Å². The predicted molar refractivity (Wildman–Crippen MR) is 148 cm³/mol. The number of benzene rings is 1. The number of aromatic nitrogens is 1. The third-order valence-corrected chi connectivity index (χ3v) is 7.90. The maximum atomic E-state index is 14.0. The van der Waals surface area contributed by atoms with E-state index in [4.69, 9.17) is 14.2 Å². The molecule has 0 radical (unpaired) electrons. The molecule has 2 aliphatic rings. The van der Waals surface area contributed by atoms with Gasteiger partial charge in [0.05, 0.1) is 19.9 Å². The zero-order valence-corrected chi connectivity index (χ0v) is 23.4. The van der Waals surface area contributed by atoms with Crippen LogP contribution in [-0.4, -0.2) is 60.4 Å². The van der Waals surface area contributed by atoms with Crippen LogP contribution >= 0.6 is 11.3 Å². The fourth-order valence-electron chi connectivity index (χ4n) is 5.36. The molecular weight excluding hydrogens is 502 g/mol. The van der Waals surface area contributed by atoms with Gasteiger partial charge in [0.15, 0.2) is 11.5 Å². The minimum absolute atomic E-state index is 0.0197. The molecule has 0 saturated carbocycles. The number of rotatable bonds is 5. The Hall–Kier alpha value is -3.46. The number of hydrogen-bond acceptors (Lipinski definition) is 6. The van der Waals surface area contributed by atoms with E-state index in [9.17, 15) is 9.59 Å². The molecule has 2 aromatic heterocycles. The van der Waals surface area contributed by atoms with Crippen molar-refractivity contribution in [2.24, 2.45) is 0 Å². The zero-order chi connectivity index (χ0) is 27.0. The van der Waals surface area contributed by atoms with Crippen LogP contribution in [0.25, 0.3) is 21.7 Å². The lowest BCUT2D eigenvalue weighted by Gasteiger charge is -2.34. The number of ether oxygens (including phenoxy) is 3.